The smallest absolute Gasteiger partial charge is 0.255 e. The number of carbonyl (C=O) groups is 1. The number of carbonyl (C=O) groups excluding carboxylic acids is 1. The maximum absolute atomic E-state index is 12.7. The Morgan fingerprint density at radius 2 is 2.08 bits per heavy atom. The summed E-state index contributed by atoms with van der Waals surface area (Å²) in [7, 11) is 0. The number of hydrogen-bond acceptors (Lipinski definition) is 4. The molecule has 0 radical (unpaired) electrons. The van der Waals surface area contributed by atoms with Crippen molar-refractivity contribution >= 4 is 46.7 Å². The largest absolute Gasteiger partial charge is 0.439 e. The van der Waals surface area contributed by atoms with Crippen LogP contribution in [-0.4, -0.2) is 34.9 Å². The van der Waals surface area contributed by atoms with Crippen LogP contribution in [-0.2, 0) is 0 Å². The number of halogens is 3. The van der Waals surface area contributed by atoms with Crippen LogP contribution >= 0.6 is 40.7 Å². The molecular formula is C18H22BrCl2N3O2. The molecule has 1 aliphatic heterocycles. The zero-order chi connectivity index (χ0) is 16.9. The van der Waals surface area contributed by atoms with Crippen molar-refractivity contribution in [3.8, 4) is 11.6 Å². The van der Waals surface area contributed by atoms with Crippen LogP contribution < -0.4 is 10.5 Å². The summed E-state index contributed by atoms with van der Waals surface area (Å²) < 4.78 is 6.63. The summed E-state index contributed by atoms with van der Waals surface area (Å²) in [6.45, 7) is 1.26. The van der Waals surface area contributed by atoms with Crippen molar-refractivity contribution in [2.75, 3.05) is 13.1 Å². The average molecular weight is 463 g/mol. The lowest BCUT2D eigenvalue weighted by molar-refractivity contribution is 0.0623. The van der Waals surface area contributed by atoms with E-state index in [-0.39, 0.29) is 36.8 Å². The highest BCUT2D eigenvalue weighted by Gasteiger charge is 2.26. The number of nitrogens with zero attached hydrogens (tertiary/aromatic N) is 2. The second-order valence-corrected chi connectivity index (χ2v) is 6.74. The van der Waals surface area contributed by atoms with Gasteiger partial charge in [0.1, 0.15) is 5.75 Å². The van der Waals surface area contributed by atoms with Crippen molar-refractivity contribution < 1.29 is 9.53 Å². The van der Waals surface area contributed by atoms with Gasteiger partial charge in [0, 0.05) is 35.9 Å². The molecule has 1 saturated heterocycles. The van der Waals surface area contributed by atoms with Crippen molar-refractivity contribution in [2.45, 2.75) is 25.3 Å². The lowest BCUT2D eigenvalue weighted by Crippen LogP contribution is -2.47. The van der Waals surface area contributed by atoms with Crippen molar-refractivity contribution in [1.82, 2.24) is 9.88 Å². The number of rotatable bonds is 4. The van der Waals surface area contributed by atoms with Gasteiger partial charge in [-0.25, -0.2) is 4.98 Å². The van der Waals surface area contributed by atoms with E-state index in [0.29, 0.717) is 23.7 Å². The van der Waals surface area contributed by atoms with E-state index in [1.807, 2.05) is 29.2 Å². The van der Waals surface area contributed by atoms with E-state index in [9.17, 15) is 4.79 Å². The van der Waals surface area contributed by atoms with Crippen LogP contribution in [0.25, 0.3) is 0 Å². The van der Waals surface area contributed by atoms with Crippen LogP contribution in [0.15, 0.2) is 47.1 Å². The molecular weight excluding hydrogens is 441 g/mol. The van der Waals surface area contributed by atoms with Crippen molar-refractivity contribution in [1.29, 1.82) is 0 Å². The molecule has 1 fully saturated rings. The SMILES string of the molecule is Cl.Cl.NCC1CCCCN1C(=O)c1ccc(Oc2cccc(Br)c2)nc1. The van der Waals surface area contributed by atoms with Gasteiger partial charge in [0.05, 0.1) is 5.56 Å². The van der Waals surface area contributed by atoms with Gasteiger partial charge < -0.3 is 15.4 Å². The maximum atomic E-state index is 12.7. The molecule has 1 unspecified atom stereocenters. The van der Waals surface area contributed by atoms with Gasteiger partial charge in [0.15, 0.2) is 0 Å². The molecule has 142 valence electrons. The Hall–Kier alpha value is -1.34. The van der Waals surface area contributed by atoms with Crippen LogP contribution in [0, 0.1) is 0 Å². The van der Waals surface area contributed by atoms with Crippen molar-refractivity contribution in [3.63, 3.8) is 0 Å². The molecule has 1 aliphatic rings. The number of pyridine rings is 1. The first kappa shape index (κ1) is 22.7. The minimum Gasteiger partial charge on any atom is -0.439 e. The molecule has 1 aromatic heterocycles. The quantitative estimate of drug-likeness (QED) is 0.729. The lowest BCUT2D eigenvalue weighted by Gasteiger charge is -2.35. The van der Waals surface area contributed by atoms with Crippen LogP contribution in [0.5, 0.6) is 11.6 Å². The zero-order valence-corrected chi connectivity index (χ0v) is 17.4. The number of likely N-dealkylation sites (tertiary alicyclic amines) is 1. The number of nitrogens with two attached hydrogens (primary N) is 1. The summed E-state index contributed by atoms with van der Waals surface area (Å²) in [6, 6.07) is 11.1. The van der Waals surface area contributed by atoms with Crippen molar-refractivity contribution in [3.05, 3.63) is 52.6 Å². The number of amides is 1. The molecule has 2 heterocycles. The summed E-state index contributed by atoms with van der Waals surface area (Å²) in [5.41, 5.74) is 6.37. The van der Waals surface area contributed by atoms with Gasteiger partial charge >= 0.3 is 0 Å². The van der Waals surface area contributed by atoms with Crippen LogP contribution in [0.2, 0.25) is 0 Å². The van der Waals surface area contributed by atoms with E-state index in [1.54, 1.807) is 18.3 Å². The first-order chi connectivity index (χ1) is 11.7. The Labute approximate surface area is 174 Å². The normalized spacial score (nSPS) is 16.2. The topological polar surface area (TPSA) is 68.5 Å². The minimum absolute atomic E-state index is 0. The van der Waals surface area contributed by atoms with Crippen molar-refractivity contribution in [2.24, 2.45) is 5.73 Å². The molecule has 3 rings (SSSR count). The van der Waals surface area contributed by atoms with E-state index in [0.717, 1.165) is 30.3 Å². The second kappa shape index (κ2) is 10.7. The third-order valence-electron chi connectivity index (χ3n) is 4.16. The number of benzene rings is 1. The fourth-order valence-electron chi connectivity index (χ4n) is 2.90. The standard InChI is InChI=1S/C18H20BrN3O2.2ClH/c19-14-4-3-6-16(10-14)24-17-8-7-13(12-21-17)18(23)22-9-2-1-5-15(22)11-20;;/h3-4,6-8,10,12,15H,1-2,5,9,11,20H2;2*1H. The first-order valence-electron chi connectivity index (χ1n) is 8.08. The highest BCUT2D eigenvalue weighted by Crippen LogP contribution is 2.24. The monoisotopic (exact) mass is 461 g/mol. The third kappa shape index (κ3) is 5.58. The average Bonchev–Trinajstić information content (AvgIpc) is 2.62. The van der Waals surface area contributed by atoms with Gasteiger partial charge in [-0.3, -0.25) is 4.79 Å². The van der Waals surface area contributed by atoms with Gasteiger partial charge in [0.2, 0.25) is 5.88 Å². The molecule has 0 aliphatic carbocycles. The second-order valence-electron chi connectivity index (χ2n) is 5.83. The molecule has 1 atom stereocenters. The van der Waals surface area contributed by atoms with Gasteiger partial charge in [-0.15, -0.1) is 24.8 Å². The van der Waals surface area contributed by atoms with E-state index in [1.165, 1.54) is 0 Å². The molecule has 1 aromatic carbocycles. The summed E-state index contributed by atoms with van der Waals surface area (Å²) in [5, 5.41) is 0. The fourth-order valence-corrected chi connectivity index (χ4v) is 3.28. The lowest BCUT2D eigenvalue weighted by atomic mass is 10.0. The van der Waals surface area contributed by atoms with E-state index < -0.39 is 0 Å². The molecule has 0 saturated carbocycles. The zero-order valence-electron chi connectivity index (χ0n) is 14.1. The van der Waals surface area contributed by atoms with Gasteiger partial charge in [-0.1, -0.05) is 22.0 Å². The Bertz CT molecular complexity index is 716. The third-order valence-corrected chi connectivity index (χ3v) is 4.66. The van der Waals surface area contributed by atoms with Gasteiger partial charge in [0.25, 0.3) is 5.91 Å². The summed E-state index contributed by atoms with van der Waals surface area (Å²) in [6.07, 6.45) is 4.70. The number of hydrogen-bond donors (Lipinski definition) is 1. The van der Waals surface area contributed by atoms with E-state index >= 15 is 0 Å². The summed E-state index contributed by atoms with van der Waals surface area (Å²) in [5.74, 6) is 1.14. The predicted molar refractivity (Wildman–Crippen MR) is 111 cm³/mol. The van der Waals surface area contributed by atoms with Gasteiger partial charge in [-0.2, -0.15) is 0 Å². The Kier molecular flexibility index (Phi) is 9.36. The van der Waals surface area contributed by atoms with Crippen LogP contribution in [0.3, 0.4) is 0 Å². The van der Waals surface area contributed by atoms with Crippen LogP contribution in [0.1, 0.15) is 29.6 Å². The first-order valence-corrected chi connectivity index (χ1v) is 8.87. The molecule has 0 spiro atoms. The molecule has 1 amide bonds. The fraction of sp³-hybridized carbons (Fsp3) is 0.333. The number of piperidine rings is 1. The Balaban J connectivity index is 0.00000169. The van der Waals surface area contributed by atoms with Crippen LogP contribution in [0.4, 0.5) is 0 Å². The molecule has 26 heavy (non-hydrogen) atoms. The molecule has 0 bridgehead atoms. The molecule has 5 nitrogen and oxygen atoms in total. The van der Waals surface area contributed by atoms with Gasteiger partial charge in [-0.05, 0) is 43.5 Å². The highest BCUT2D eigenvalue weighted by atomic mass is 79.9. The Morgan fingerprint density at radius 3 is 2.73 bits per heavy atom. The minimum atomic E-state index is -0.00773. The molecule has 8 heteroatoms. The van der Waals surface area contributed by atoms with E-state index in [4.69, 9.17) is 10.5 Å². The predicted octanol–water partition coefficient (Wildman–Crippen LogP) is 4.43. The number of ether oxygens (including phenoxy) is 1. The number of aromatic nitrogens is 1. The summed E-state index contributed by atoms with van der Waals surface area (Å²) in [4.78, 5) is 18.8. The molecule has 2 aromatic rings. The Morgan fingerprint density at radius 1 is 1.27 bits per heavy atom. The van der Waals surface area contributed by atoms with E-state index in [2.05, 4.69) is 20.9 Å². The molecule has 2 N–H and O–H groups in total. The summed E-state index contributed by atoms with van der Waals surface area (Å²) >= 11 is 3.40. The highest BCUT2D eigenvalue weighted by molar-refractivity contribution is 9.10. The maximum Gasteiger partial charge on any atom is 0.255 e.